The third kappa shape index (κ3) is 2.88. The summed E-state index contributed by atoms with van der Waals surface area (Å²) in [6.45, 7) is 3.59. The summed E-state index contributed by atoms with van der Waals surface area (Å²) in [5.41, 5.74) is -0.486. The number of hydrogen-bond donors (Lipinski definition) is 0. The molecule has 0 radical (unpaired) electrons. The molecule has 0 amide bonds. The van der Waals surface area contributed by atoms with Gasteiger partial charge in [-0.15, -0.1) is 11.6 Å². The quantitative estimate of drug-likeness (QED) is 0.656. The molecule has 0 aliphatic carbocycles. The van der Waals surface area contributed by atoms with E-state index in [-0.39, 0.29) is 11.5 Å². The number of hydrogen-bond acceptors (Lipinski definition) is 0. The summed E-state index contributed by atoms with van der Waals surface area (Å²) in [5.74, 6) is -0.0323. The van der Waals surface area contributed by atoms with Crippen molar-refractivity contribution in [1.82, 2.24) is 0 Å². The summed E-state index contributed by atoms with van der Waals surface area (Å²) in [6.07, 6.45) is -4.33. The van der Waals surface area contributed by atoms with Gasteiger partial charge in [-0.25, -0.2) is 0 Å². The molecule has 0 spiro atoms. The number of benzene rings is 1. The van der Waals surface area contributed by atoms with Gasteiger partial charge in [0.2, 0.25) is 0 Å². The van der Waals surface area contributed by atoms with Crippen molar-refractivity contribution in [2.75, 3.05) is 0 Å². The van der Waals surface area contributed by atoms with E-state index in [2.05, 4.69) is 0 Å². The molecule has 0 bridgehead atoms. The maximum atomic E-state index is 12.6. The van der Waals surface area contributed by atoms with Crippen molar-refractivity contribution in [3.05, 3.63) is 35.4 Å². The third-order valence-corrected chi connectivity index (χ3v) is 2.89. The van der Waals surface area contributed by atoms with E-state index in [0.29, 0.717) is 0 Å². The van der Waals surface area contributed by atoms with Gasteiger partial charge in [-0.2, -0.15) is 13.2 Å². The standard InChI is InChI=1S/C11H12ClF3/c1-7(2)10(12)8-5-3-4-6-9(8)11(13,14)15/h3-7,10H,1-2H3. The molecule has 0 aliphatic heterocycles. The highest BCUT2D eigenvalue weighted by atomic mass is 35.5. The Labute approximate surface area is 92.1 Å². The number of halogens is 4. The minimum Gasteiger partial charge on any atom is -0.166 e. The van der Waals surface area contributed by atoms with Gasteiger partial charge in [-0.05, 0) is 17.5 Å². The molecule has 1 aromatic carbocycles. The van der Waals surface area contributed by atoms with Gasteiger partial charge in [0, 0.05) is 0 Å². The van der Waals surface area contributed by atoms with Crippen LogP contribution in [0.5, 0.6) is 0 Å². The largest absolute Gasteiger partial charge is 0.416 e. The molecular formula is C11H12ClF3. The Hall–Kier alpha value is -0.700. The van der Waals surface area contributed by atoms with E-state index in [4.69, 9.17) is 11.6 Å². The summed E-state index contributed by atoms with van der Waals surface area (Å²) in [4.78, 5) is 0. The third-order valence-electron chi connectivity index (χ3n) is 2.15. The van der Waals surface area contributed by atoms with Crippen LogP contribution < -0.4 is 0 Å². The predicted octanol–water partition coefficient (Wildman–Crippen LogP) is 4.64. The van der Waals surface area contributed by atoms with Crippen LogP contribution in [0, 0.1) is 5.92 Å². The second kappa shape index (κ2) is 4.44. The van der Waals surface area contributed by atoms with Crippen molar-refractivity contribution in [1.29, 1.82) is 0 Å². The van der Waals surface area contributed by atoms with E-state index in [9.17, 15) is 13.2 Å². The Morgan fingerprint density at radius 1 is 1.13 bits per heavy atom. The second-order valence-electron chi connectivity index (χ2n) is 3.73. The van der Waals surface area contributed by atoms with Crippen LogP contribution in [-0.2, 0) is 6.18 Å². The lowest BCUT2D eigenvalue weighted by Gasteiger charge is -2.19. The zero-order chi connectivity index (χ0) is 11.6. The van der Waals surface area contributed by atoms with Gasteiger partial charge < -0.3 is 0 Å². The van der Waals surface area contributed by atoms with Crippen LogP contribution in [0.1, 0.15) is 30.4 Å². The first-order chi connectivity index (χ1) is 6.84. The molecule has 0 fully saturated rings. The fraction of sp³-hybridized carbons (Fsp3) is 0.455. The minimum atomic E-state index is -4.33. The topological polar surface area (TPSA) is 0 Å². The molecular weight excluding hydrogens is 225 g/mol. The molecule has 0 heterocycles. The van der Waals surface area contributed by atoms with E-state index in [1.807, 2.05) is 0 Å². The summed E-state index contributed by atoms with van der Waals surface area (Å²) in [7, 11) is 0. The normalized spacial score (nSPS) is 14.3. The van der Waals surface area contributed by atoms with E-state index in [0.717, 1.165) is 6.07 Å². The van der Waals surface area contributed by atoms with Crippen molar-refractivity contribution in [2.24, 2.45) is 5.92 Å². The molecule has 0 saturated carbocycles. The van der Waals surface area contributed by atoms with Crippen LogP contribution in [-0.4, -0.2) is 0 Å². The molecule has 1 aromatic rings. The minimum absolute atomic E-state index is 0.0323. The molecule has 0 nitrogen and oxygen atoms in total. The predicted molar refractivity (Wildman–Crippen MR) is 54.9 cm³/mol. The van der Waals surface area contributed by atoms with Crippen LogP contribution in [0.4, 0.5) is 13.2 Å². The average Bonchev–Trinajstić information content (AvgIpc) is 2.15. The molecule has 0 N–H and O–H groups in total. The average molecular weight is 237 g/mol. The molecule has 1 unspecified atom stereocenters. The summed E-state index contributed by atoms with van der Waals surface area (Å²) in [5, 5.41) is -0.608. The first-order valence-electron chi connectivity index (χ1n) is 4.64. The van der Waals surface area contributed by atoms with Crippen LogP contribution in [0.2, 0.25) is 0 Å². The lowest BCUT2D eigenvalue weighted by atomic mass is 9.97. The fourth-order valence-corrected chi connectivity index (χ4v) is 1.55. The molecule has 0 saturated heterocycles. The van der Waals surface area contributed by atoms with Gasteiger partial charge in [0.1, 0.15) is 0 Å². The zero-order valence-corrected chi connectivity index (χ0v) is 9.23. The Balaban J connectivity index is 3.18. The van der Waals surface area contributed by atoms with Crippen LogP contribution in [0.3, 0.4) is 0 Å². The maximum Gasteiger partial charge on any atom is 0.416 e. The van der Waals surface area contributed by atoms with Crippen molar-refractivity contribution < 1.29 is 13.2 Å². The van der Waals surface area contributed by atoms with Gasteiger partial charge >= 0.3 is 6.18 Å². The number of alkyl halides is 4. The molecule has 0 aromatic heterocycles. The first-order valence-corrected chi connectivity index (χ1v) is 5.08. The SMILES string of the molecule is CC(C)C(Cl)c1ccccc1C(F)(F)F. The van der Waals surface area contributed by atoms with Gasteiger partial charge in [0.25, 0.3) is 0 Å². The molecule has 0 aliphatic rings. The monoisotopic (exact) mass is 236 g/mol. The Morgan fingerprint density at radius 3 is 2.13 bits per heavy atom. The lowest BCUT2D eigenvalue weighted by Crippen LogP contribution is -2.12. The van der Waals surface area contributed by atoms with E-state index in [1.165, 1.54) is 12.1 Å². The first kappa shape index (κ1) is 12.4. The molecule has 4 heteroatoms. The van der Waals surface area contributed by atoms with Crippen molar-refractivity contribution in [3.63, 3.8) is 0 Å². The van der Waals surface area contributed by atoms with E-state index >= 15 is 0 Å². The molecule has 84 valence electrons. The molecule has 15 heavy (non-hydrogen) atoms. The maximum absolute atomic E-state index is 12.6. The fourth-order valence-electron chi connectivity index (χ4n) is 1.35. The van der Waals surface area contributed by atoms with Crippen molar-refractivity contribution in [2.45, 2.75) is 25.4 Å². The van der Waals surface area contributed by atoms with E-state index in [1.54, 1.807) is 19.9 Å². The van der Waals surface area contributed by atoms with Crippen LogP contribution >= 0.6 is 11.6 Å². The Kier molecular flexibility index (Phi) is 3.66. The summed E-state index contributed by atoms with van der Waals surface area (Å²) in [6, 6.07) is 5.44. The van der Waals surface area contributed by atoms with Gasteiger partial charge in [-0.1, -0.05) is 32.0 Å². The van der Waals surface area contributed by atoms with Crippen molar-refractivity contribution >= 4 is 11.6 Å². The van der Waals surface area contributed by atoms with Gasteiger partial charge in [0.05, 0.1) is 10.9 Å². The van der Waals surface area contributed by atoms with Crippen molar-refractivity contribution in [3.8, 4) is 0 Å². The van der Waals surface area contributed by atoms with E-state index < -0.39 is 17.1 Å². The van der Waals surface area contributed by atoms with Crippen LogP contribution in [0.25, 0.3) is 0 Å². The molecule has 1 rings (SSSR count). The highest BCUT2D eigenvalue weighted by molar-refractivity contribution is 6.21. The molecule has 1 atom stereocenters. The Morgan fingerprint density at radius 2 is 1.67 bits per heavy atom. The second-order valence-corrected chi connectivity index (χ2v) is 4.20. The Bertz CT molecular complexity index is 331. The highest BCUT2D eigenvalue weighted by Gasteiger charge is 2.34. The summed E-state index contributed by atoms with van der Waals surface area (Å²) >= 11 is 5.95. The summed E-state index contributed by atoms with van der Waals surface area (Å²) < 4.78 is 37.8. The smallest absolute Gasteiger partial charge is 0.166 e. The van der Waals surface area contributed by atoms with Gasteiger partial charge in [0.15, 0.2) is 0 Å². The zero-order valence-electron chi connectivity index (χ0n) is 8.48. The van der Waals surface area contributed by atoms with Gasteiger partial charge in [-0.3, -0.25) is 0 Å². The lowest BCUT2D eigenvalue weighted by molar-refractivity contribution is -0.138. The number of rotatable bonds is 2. The van der Waals surface area contributed by atoms with Crippen LogP contribution in [0.15, 0.2) is 24.3 Å². The highest BCUT2D eigenvalue weighted by Crippen LogP contribution is 2.38.